The molecular formula is C26H26BrN5O. The molecule has 2 aromatic carbocycles. The Balaban J connectivity index is 1.20. The Morgan fingerprint density at radius 1 is 1.09 bits per heavy atom. The van der Waals surface area contributed by atoms with Crippen LogP contribution in [0.2, 0.25) is 0 Å². The van der Waals surface area contributed by atoms with Crippen LogP contribution in [0.25, 0.3) is 16.9 Å². The van der Waals surface area contributed by atoms with Crippen LogP contribution < -0.4 is 10.6 Å². The first kappa shape index (κ1) is 21.6. The number of hydrogen-bond donors (Lipinski definition) is 2. The lowest BCUT2D eigenvalue weighted by Crippen LogP contribution is -2.32. The minimum absolute atomic E-state index is 0.0493. The standard InChI is InChI=1S/C26H26BrN5O/c1-17-7-2-5-10-21(17)23-15-24(32-25(31-23)22(27)16-30-32)28-11-6-12-29-26(33)20-13-18-8-3-4-9-19(18)14-20/h2-5,7-10,15-16,20,28H,6,11-14H2,1H3,(H,29,33). The van der Waals surface area contributed by atoms with Crippen molar-refractivity contribution in [2.75, 3.05) is 18.4 Å². The predicted octanol–water partition coefficient (Wildman–Crippen LogP) is 4.80. The lowest BCUT2D eigenvalue weighted by molar-refractivity contribution is -0.124. The number of halogens is 1. The average Bonchev–Trinajstić information content (AvgIpc) is 3.43. The van der Waals surface area contributed by atoms with Gasteiger partial charge in [0.1, 0.15) is 5.82 Å². The highest BCUT2D eigenvalue weighted by Crippen LogP contribution is 2.28. The summed E-state index contributed by atoms with van der Waals surface area (Å²) in [5.41, 5.74) is 6.55. The molecular weight excluding hydrogens is 478 g/mol. The molecule has 2 N–H and O–H groups in total. The Kier molecular flexibility index (Phi) is 6.13. The van der Waals surface area contributed by atoms with Crippen molar-refractivity contribution in [1.82, 2.24) is 19.9 Å². The maximum atomic E-state index is 12.6. The number of benzene rings is 2. The van der Waals surface area contributed by atoms with Crippen molar-refractivity contribution in [2.24, 2.45) is 5.92 Å². The largest absolute Gasteiger partial charge is 0.370 e. The highest BCUT2D eigenvalue weighted by atomic mass is 79.9. The van der Waals surface area contributed by atoms with Crippen molar-refractivity contribution in [3.8, 4) is 11.3 Å². The van der Waals surface area contributed by atoms with Gasteiger partial charge in [-0.15, -0.1) is 0 Å². The quantitative estimate of drug-likeness (QED) is 0.355. The van der Waals surface area contributed by atoms with Crippen molar-refractivity contribution in [3.05, 3.63) is 82.0 Å². The highest BCUT2D eigenvalue weighted by molar-refractivity contribution is 9.10. The van der Waals surface area contributed by atoms with E-state index in [9.17, 15) is 4.79 Å². The summed E-state index contributed by atoms with van der Waals surface area (Å²) in [4.78, 5) is 17.4. The SMILES string of the molecule is Cc1ccccc1-c1cc(NCCCNC(=O)C2Cc3ccccc3C2)n2ncc(Br)c2n1. The van der Waals surface area contributed by atoms with E-state index in [1.807, 2.05) is 30.3 Å². The first-order valence-electron chi connectivity index (χ1n) is 11.3. The zero-order valence-electron chi connectivity index (χ0n) is 18.5. The molecule has 2 heterocycles. The van der Waals surface area contributed by atoms with E-state index >= 15 is 0 Å². The Hall–Kier alpha value is -3.19. The van der Waals surface area contributed by atoms with Gasteiger partial charge in [-0.2, -0.15) is 9.61 Å². The number of hydrogen-bond acceptors (Lipinski definition) is 4. The molecule has 0 saturated carbocycles. The van der Waals surface area contributed by atoms with Crippen LogP contribution in [-0.2, 0) is 17.6 Å². The smallest absolute Gasteiger partial charge is 0.223 e. The van der Waals surface area contributed by atoms with E-state index in [0.29, 0.717) is 6.54 Å². The minimum Gasteiger partial charge on any atom is -0.370 e. The Labute approximate surface area is 201 Å². The number of fused-ring (bicyclic) bond motifs is 2. The van der Waals surface area contributed by atoms with Gasteiger partial charge in [0.2, 0.25) is 5.91 Å². The molecule has 0 fully saturated rings. The molecule has 0 unspecified atom stereocenters. The third-order valence-corrected chi connectivity index (χ3v) is 6.79. The van der Waals surface area contributed by atoms with Crippen LogP contribution in [0.15, 0.2) is 65.3 Å². The minimum atomic E-state index is 0.0493. The summed E-state index contributed by atoms with van der Waals surface area (Å²) in [6.45, 7) is 3.45. The molecule has 0 atom stereocenters. The third kappa shape index (κ3) is 4.50. The fraction of sp³-hybridized carbons (Fsp3) is 0.269. The number of amides is 1. The maximum absolute atomic E-state index is 12.6. The van der Waals surface area contributed by atoms with E-state index in [1.54, 1.807) is 10.7 Å². The van der Waals surface area contributed by atoms with E-state index in [2.05, 4.69) is 62.9 Å². The van der Waals surface area contributed by atoms with Crippen LogP contribution >= 0.6 is 15.9 Å². The molecule has 1 aliphatic rings. The van der Waals surface area contributed by atoms with Crippen LogP contribution in [0, 0.1) is 12.8 Å². The van der Waals surface area contributed by atoms with Crippen LogP contribution in [0.1, 0.15) is 23.1 Å². The number of aromatic nitrogens is 3. The molecule has 7 heteroatoms. The third-order valence-electron chi connectivity index (χ3n) is 6.23. The number of nitrogens with zero attached hydrogens (tertiary/aromatic N) is 3. The molecule has 168 valence electrons. The van der Waals surface area contributed by atoms with Gasteiger partial charge in [0.05, 0.1) is 16.4 Å². The van der Waals surface area contributed by atoms with Gasteiger partial charge in [0, 0.05) is 30.6 Å². The van der Waals surface area contributed by atoms with Crippen LogP contribution in [-0.4, -0.2) is 33.6 Å². The zero-order valence-corrected chi connectivity index (χ0v) is 20.1. The summed E-state index contributed by atoms with van der Waals surface area (Å²) in [5.74, 6) is 1.07. The Morgan fingerprint density at radius 3 is 2.58 bits per heavy atom. The monoisotopic (exact) mass is 503 g/mol. The molecule has 33 heavy (non-hydrogen) atoms. The Bertz CT molecular complexity index is 1290. The summed E-state index contributed by atoms with van der Waals surface area (Å²) >= 11 is 3.56. The number of nitrogens with one attached hydrogen (secondary N) is 2. The number of aryl methyl sites for hydroxylation is 1. The molecule has 5 rings (SSSR count). The van der Waals surface area contributed by atoms with Crippen molar-refractivity contribution in [3.63, 3.8) is 0 Å². The summed E-state index contributed by atoms with van der Waals surface area (Å²) in [6.07, 6.45) is 4.25. The molecule has 0 saturated heterocycles. The second-order valence-electron chi connectivity index (χ2n) is 8.51. The average molecular weight is 504 g/mol. The number of carbonyl (C=O) groups is 1. The fourth-order valence-corrected chi connectivity index (χ4v) is 4.81. The van der Waals surface area contributed by atoms with Gasteiger partial charge < -0.3 is 10.6 Å². The predicted molar refractivity (Wildman–Crippen MR) is 134 cm³/mol. The molecule has 4 aromatic rings. The first-order chi connectivity index (χ1) is 16.1. The highest BCUT2D eigenvalue weighted by Gasteiger charge is 2.26. The van der Waals surface area contributed by atoms with Crippen molar-refractivity contribution < 1.29 is 4.79 Å². The summed E-state index contributed by atoms with van der Waals surface area (Å²) in [7, 11) is 0. The van der Waals surface area contributed by atoms with E-state index in [0.717, 1.165) is 53.0 Å². The summed E-state index contributed by atoms with van der Waals surface area (Å²) in [6, 6.07) is 18.6. The van der Waals surface area contributed by atoms with Gasteiger partial charge in [-0.1, -0.05) is 48.5 Å². The Morgan fingerprint density at radius 2 is 1.82 bits per heavy atom. The van der Waals surface area contributed by atoms with Crippen LogP contribution in [0.4, 0.5) is 5.82 Å². The van der Waals surface area contributed by atoms with Crippen molar-refractivity contribution >= 4 is 33.3 Å². The number of anilines is 1. The molecule has 0 aliphatic heterocycles. The zero-order chi connectivity index (χ0) is 22.8. The molecule has 6 nitrogen and oxygen atoms in total. The molecule has 2 aromatic heterocycles. The second-order valence-corrected chi connectivity index (χ2v) is 9.37. The second kappa shape index (κ2) is 9.35. The van der Waals surface area contributed by atoms with Gasteiger partial charge in [0.25, 0.3) is 0 Å². The van der Waals surface area contributed by atoms with Gasteiger partial charge in [-0.05, 0) is 58.8 Å². The van der Waals surface area contributed by atoms with Crippen molar-refractivity contribution in [1.29, 1.82) is 0 Å². The molecule has 0 bridgehead atoms. The fourth-order valence-electron chi connectivity index (χ4n) is 4.47. The van der Waals surface area contributed by atoms with Gasteiger partial charge in [0.15, 0.2) is 5.65 Å². The lowest BCUT2D eigenvalue weighted by Gasteiger charge is -2.13. The number of rotatable bonds is 7. The topological polar surface area (TPSA) is 71.3 Å². The summed E-state index contributed by atoms with van der Waals surface area (Å²) in [5, 5.41) is 11.0. The molecule has 0 radical (unpaired) electrons. The van der Waals surface area contributed by atoms with Crippen molar-refractivity contribution in [2.45, 2.75) is 26.2 Å². The van der Waals surface area contributed by atoms with E-state index in [1.165, 1.54) is 16.7 Å². The maximum Gasteiger partial charge on any atom is 0.223 e. The van der Waals surface area contributed by atoms with E-state index in [4.69, 9.17) is 4.98 Å². The van der Waals surface area contributed by atoms with Gasteiger partial charge >= 0.3 is 0 Å². The van der Waals surface area contributed by atoms with Gasteiger partial charge in [-0.3, -0.25) is 4.79 Å². The van der Waals surface area contributed by atoms with Crippen LogP contribution in [0.5, 0.6) is 0 Å². The van der Waals surface area contributed by atoms with Crippen LogP contribution in [0.3, 0.4) is 0 Å². The van der Waals surface area contributed by atoms with E-state index in [-0.39, 0.29) is 11.8 Å². The van der Waals surface area contributed by atoms with E-state index < -0.39 is 0 Å². The molecule has 1 amide bonds. The van der Waals surface area contributed by atoms with Gasteiger partial charge in [-0.25, -0.2) is 4.98 Å². The molecule has 1 aliphatic carbocycles. The summed E-state index contributed by atoms with van der Waals surface area (Å²) < 4.78 is 2.66. The number of carbonyl (C=O) groups excluding carboxylic acids is 1. The first-order valence-corrected chi connectivity index (χ1v) is 12.1. The normalized spacial score (nSPS) is 13.3. The molecule has 0 spiro atoms. The lowest BCUT2D eigenvalue weighted by atomic mass is 10.1.